The van der Waals surface area contributed by atoms with Gasteiger partial charge in [0.15, 0.2) is 16.3 Å². The van der Waals surface area contributed by atoms with Crippen molar-refractivity contribution in [2.45, 2.75) is 26.4 Å². The minimum Gasteiger partial charge on any atom is -0.428 e. The van der Waals surface area contributed by atoms with Crippen molar-refractivity contribution in [2.75, 3.05) is 0 Å². The molecule has 0 bridgehead atoms. The van der Waals surface area contributed by atoms with Crippen molar-refractivity contribution < 1.29 is 13.4 Å². The fourth-order valence-electron chi connectivity index (χ4n) is 0.266. The van der Waals surface area contributed by atoms with Gasteiger partial charge in [-0.25, -0.2) is 4.79 Å². The zero-order chi connectivity index (χ0) is 7.49. The molecule has 3 nitrogen and oxygen atoms in total. The standard InChI is InChI=1S/C5H9BrO3/c1-5(2,3)8-4(7)9-6/h1-3H3. The Morgan fingerprint density at radius 1 is 1.44 bits per heavy atom. The van der Waals surface area contributed by atoms with Gasteiger partial charge in [0.05, 0.1) is 0 Å². The van der Waals surface area contributed by atoms with Crippen LogP contribution in [0.2, 0.25) is 0 Å². The Labute approximate surface area is 62.8 Å². The van der Waals surface area contributed by atoms with Crippen LogP contribution in [0, 0.1) is 0 Å². The van der Waals surface area contributed by atoms with E-state index >= 15 is 0 Å². The van der Waals surface area contributed by atoms with Crippen LogP contribution < -0.4 is 0 Å². The molecule has 0 aromatic heterocycles. The van der Waals surface area contributed by atoms with Crippen LogP contribution in [-0.4, -0.2) is 11.8 Å². The van der Waals surface area contributed by atoms with Crippen molar-refractivity contribution >= 4 is 22.4 Å². The molecule has 0 spiro atoms. The summed E-state index contributed by atoms with van der Waals surface area (Å²) in [5.41, 5.74) is -0.481. The molecule has 0 heterocycles. The highest BCUT2D eigenvalue weighted by molar-refractivity contribution is 9.06. The summed E-state index contributed by atoms with van der Waals surface area (Å²) in [5.74, 6) is 0. The Hall–Kier alpha value is -0.250. The van der Waals surface area contributed by atoms with Crippen LogP contribution >= 0.6 is 16.3 Å². The molecular weight excluding hydrogens is 188 g/mol. The van der Waals surface area contributed by atoms with Gasteiger partial charge in [0.25, 0.3) is 0 Å². The van der Waals surface area contributed by atoms with E-state index in [9.17, 15) is 4.79 Å². The average molecular weight is 197 g/mol. The first kappa shape index (κ1) is 8.75. The van der Waals surface area contributed by atoms with Crippen molar-refractivity contribution in [3.05, 3.63) is 0 Å². The number of carbonyl (C=O) groups excluding carboxylic acids is 1. The van der Waals surface area contributed by atoms with Crippen molar-refractivity contribution in [1.29, 1.82) is 0 Å². The van der Waals surface area contributed by atoms with Gasteiger partial charge in [0, 0.05) is 0 Å². The van der Waals surface area contributed by atoms with E-state index in [1.54, 1.807) is 20.8 Å². The Bertz CT molecular complexity index is 105. The molecule has 9 heavy (non-hydrogen) atoms. The van der Waals surface area contributed by atoms with E-state index < -0.39 is 11.8 Å². The number of halogens is 1. The molecule has 0 amide bonds. The normalized spacial score (nSPS) is 10.7. The van der Waals surface area contributed by atoms with Gasteiger partial charge in [-0.05, 0) is 20.8 Å². The number of hydrogen-bond acceptors (Lipinski definition) is 3. The molecule has 0 radical (unpaired) electrons. The summed E-state index contributed by atoms with van der Waals surface area (Å²) in [6, 6.07) is 0. The lowest BCUT2D eigenvalue weighted by Crippen LogP contribution is -2.22. The highest BCUT2D eigenvalue weighted by Gasteiger charge is 2.16. The summed E-state index contributed by atoms with van der Waals surface area (Å²) in [6.45, 7) is 5.28. The minimum absolute atomic E-state index is 0.481. The van der Waals surface area contributed by atoms with E-state index in [0.29, 0.717) is 0 Å². The summed E-state index contributed by atoms with van der Waals surface area (Å²) in [6.07, 6.45) is -0.720. The Kier molecular flexibility index (Phi) is 2.97. The van der Waals surface area contributed by atoms with Gasteiger partial charge >= 0.3 is 6.16 Å². The van der Waals surface area contributed by atoms with E-state index in [1.807, 2.05) is 0 Å². The predicted molar refractivity (Wildman–Crippen MR) is 36.2 cm³/mol. The van der Waals surface area contributed by atoms with Gasteiger partial charge in [-0.1, -0.05) is 0 Å². The van der Waals surface area contributed by atoms with E-state index in [-0.39, 0.29) is 0 Å². The van der Waals surface area contributed by atoms with Crippen LogP contribution in [0.15, 0.2) is 0 Å². The predicted octanol–water partition coefficient (Wildman–Crippen LogP) is 2.25. The topological polar surface area (TPSA) is 35.5 Å². The molecule has 0 saturated heterocycles. The van der Waals surface area contributed by atoms with Crippen molar-refractivity contribution in [3.8, 4) is 0 Å². The molecule has 0 fully saturated rings. The van der Waals surface area contributed by atoms with Crippen LogP contribution in [0.1, 0.15) is 20.8 Å². The van der Waals surface area contributed by atoms with Crippen molar-refractivity contribution in [3.63, 3.8) is 0 Å². The fourth-order valence-corrected chi connectivity index (χ4v) is 0.332. The van der Waals surface area contributed by atoms with Gasteiger partial charge in [-0.2, -0.15) is 0 Å². The second-order valence-electron chi connectivity index (χ2n) is 2.54. The Morgan fingerprint density at radius 3 is 2.00 bits per heavy atom. The first-order valence-electron chi connectivity index (χ1n) is 2.47. The number of carbonyl (C=O) groups is 1. The maximum absolute atomic E-state index is 10.3. The van der Waals surface area contributed by atoms with Crippen LogP contribution in [0.5, 0.6) is 0 Å². The highest BCUT2D eigenvalue weighted by Crippen LogP contribution is 2.08. The first-order chi connectivity index (χ1) is 3.95. The molecular formula is C5H9BrO3. The second-order valence-corrected chi connectivity index (χ2v) is 2.87. The lowest BCUT2D eigenvalue weighted by atomic mass is 10.2. The molecule has 0 aromatic carbocycles. The van der Waals surface area contributed by atoms with Gasteiger partial charge < -0.3 is 8.57 Å². The molecule has 0 unspecified atom stereocenters. The monoisotopic (exact) mass is 196 g/mol. The lowest BCUT2D eigenvalue weighted by molar-refractivity contribution is 0.0268. The van der Waals surface area contributed by atoms with Crippen LogP contribution in [0.25, 0.3) is 0 Å². The fraction of sp³-hybridized carbons (Fsp3) is 0.800. The van der Waals surface area contributed by atoms with Crippen LogP contribution in [0.3, 0.4) is 0 Å². The summed E-state index contributed by atoms with van der Waals surface area (Å²) < 4.78 is 8.76. The highest BCUT2D eigenvalue weighted by atomic mass is 79.9. The average Bonchev–Trinajstić information content (AvgIpc) is 1.62. The van der Waals surface area contributed by atoms with Crippen LogP contribution in [-0.2, 0) is 8.57 Å². The van der Waals surface area contributed by atoms with Gasteiger partial charge in [-0.15, -0.1) is 0 Å². The Balaban J connectivity index is 3.60. The molecule has 0 aliphatic carbocycles. The molecule has 4 heteroatoms. The zero-order valence-electron chi connectivity index (χ0n) is 5.60. The first-order valence-corrected chi connectivity index (χ1v) is 3.12. The lowest BCUT2D eigenvalue weighted by Gasteiger charge is -2.16. The third-order valence-corrected chi connectivity index (χ3v) is 0.717. The zero-order valence-corrected chi connectivity index (χ0v) is 7.19. The van der Waals surface area contributed by atoms with E-state index in [0.717, 1.165) is 0 Å². The number of hydrogen-bond donors (Lipinski definition) is 0. The quantitative estimate of drug-likeness (QED) is 0.558. The van der Waals surface area contributed by atoms with Gasteiger partial charge in [-0.3, -0.25) is 0 Å². The third kappa shape index (κ3) is 5.62. The molecule has 0 saturated carbocycles. The largest absolute Gasteiger partial charge is 0.520 e. The summed E-state index contributed by atoms with van der Waals surface area (Å²) in [4.78, 5) is 10.3. The molecule has 0 rings (SSSR count). The van der Waals surface area contributed by atoms with Crippen LogP contribution in [0.4, 0.5) is 4.79 Å². The second kappa shape index (κ2) is 3.06. The number of rotatable bonds is 0. The SMILES string of the molecule is CC(C)(C)OC(=O)OBr. The summed E-state index contributed by atoms with van der Waals surface area (Å²) in [5, 5.41) is 0. The smallest absolute Gasteiger partial charge is 0.428 e. The Morgan fingerprint density at radius 2 is 1.89 bits per heavy atom. The molecule has 0 aliphatic heterocycles. The molecule has 0 N–H and O–H groups in total. The van der Waals surface area contributed by atoms with Gasteiger partial charge in [0.1, 0.15) is 5.60 Å². The third-order valence-electron chi connectivity index (χ3n) is 0.453. The molecule has 54 valence electrons. The van der Waals surface area contributed by atoms with E-state index in [2.05, 4.69) is 24.8 Å². The van der Waals surface area contributed by atoms with E-state index in [1.165, 1.54) is 0 Å². The summed E-state index contributed by atoms with van der Waals surface area (Å²) in [7, 11) is 0. The molecule has 0 aliphatic rings. The van der Waals surface area contributed by atoms with Crippen molar-refractivity contribution in [2.24, 2.45) is 0 Å². The molecule has 0 aromatic rings. The minimum atomic E-state index is -0.720. The maximum Gasteiger partial charge on any atom is 0.520 e. The summed E-state index contributed by atoms with van der Waals surface area (Å²) >= 11 is 2.49. The maximum atomic E-state index is 10.3. The number of ether oxygens (including phenoxy) is 1. The van der Waals surface area contributed by atoms with Crippen molar-refractivity contribution in [1.82, 2.24) is 0 Å². The van der Waals surface area contributed by atoms with Gasteiger partial charge in [0.2, 0.25) is 0 Å². The molecule has 0 atom stereocenters. The van der Waals surface area contributed by atoms with E-state index in [4.69, 9.17) is 0 Å².